The molecule has 24 heavy (non-hydrogen) atoms. The Bertz CT molecular complexity index is 789. The minimum Gasteiger partial charge on any atom is -0.478 e. The van der Waals surface area contributed by atoms with Crippen molar-refractivity contribution < 1.29 is 27.9 Å². The molecule has 2 aromatic rings. The lowest BCUT2D eigenvalue weighted by molar-refractivity contribution is -0.137. The minimum absolute atomic E-state index is 0.0600. The molecule has 128 valence electrons. The van der Waals surface area contributed by atoms with Crippen LogP contribution in [-0.2, 0) is 11.0 Å². The normalized spacial score (nSPS) is 12.7. The van der Waals surface area contributed by atoms with Crippen molar-refractivity contribution in [2.45, 2.75) is 19.1 Å². The third-order valence-electron chi connectivity index (χ3n) is 3.18. The first-order chi connectivity index (χ1) is 11.1. The summed E-state index contributed by atoms with van der Waals surface area (Å²) < 4.78 is 39.2. The molecule has 1 heterocycles. The van der Waals surface area contributed by atoms with Crippen molar-refractivity contribution in [1.82, 2.24) is 9.78 Å². The number of carboxylic acids is 1. The van der Waals surface area contributed by atoms with Crippen LogP contribution in [0, 0.1) is 0 Å². The van der Waals surface area contributed by atoms with Gasteiger partial charge in [0.05, 0.1) is 28.0 Å². The minimum atomic E-state index is -4.58. The molecule has 2 N–H and O–H groups in total. The summed E-state index contributed by atoms with van der Waals surface area (Å²) >= 11 is 5.80. The van der Waals surface area contributed by atoms with Gasteiger partial charge in [0.15, 0.2) is 0 Å². The van der Waals surface area contributed by atoms with Crippen LogP contribution >= 0.6 is 11.6 Å². The predicted octanol–water partition coefficient (Wildman–Crippen LogP) is 3.45. The van der Waals surface area contributed by atoms with E-state index in [-0.39, 0.29) is 16.3 Å². The van der Waals surface area contributed by atoms with Gasteiger partial charge in [0.2, 0.25) is 5.91 Å². The van der Waals surface area contributed by atoms with Crippen molar-refractivity contribution in [1.29, 1.82) is 0 Å². The summed E-state index contributed by atoms with van der Waals surface area (Å²) in [6.07, 6.45) is -2.38. The molecule has 0 radical (unpaired) electrons. The number of hydrogen-bond donors (Lipinski definition) is 2. The van der Waals surface area contributed by atoms with Gasteiger partial charge < -0.3 is 10.4 Å². The van der Waals surface area contributed by atoms with Gasteiger partial charge in [0.1, 0.15) is 6.04 Å². The maximum absolute atomic E-state index is 12.7. The van der Waals surface area contributed by atoms with Gasteiger partial charge in [-0.2, -0.15) is 18.3 Å². The van der Waals surface area contributed by atoms with Gasteiger partial charge in [0, 0.05) is 6.20 Å². The number of carboxylic acid groups (broad SMARTS) is 1. The lowest BCUT2D eigenvalue weighted by Crippen LogP contribution is -2.24. The zero-order valence-corrected chi connectivity index (χ0v) is 12.9. The van der Waals surface area contributed by atoms with E-state index in [1.165, 1.54) is 6.92 Å². The third kappa shape index (κ3) is 3.85. The van der Waals surface area contributed by atoms with E-state index >= 15 is 0 Å². The van der Waals surface area contributed by atoms with Crippen LogP contribution in [0.1, 0.15) is 28.9 Å². The standard InChI is InChI=1S/C14H11ClF3N3O3/c1-7(21-6-8(5-19-21)13(23)24)12(22)20-11-4-9(14(16,17)18)2-3-10(11)15/h2-7H,1H3,(H,20,22)(H,23,24). The summed E-state index contributed by atoms with van der Waals surface area (Å²) in [5.74, 6) is -1.91. The SMILES string of the molecule is CC(C(=O)Nc1cc(C(F)(F)F)ccc1Cl)n1cc(C(=O)O)cn1. The topological polar surface area (TPSA) is 84.2 Å². The second kappa shape index (κ2) is 6.52. The van der Waals surface area contributed by atoms with Crippen molar-refractivity contribution >= 4 is 29.2 Å². The van der Waals surface area contributed by atoms with Gasteiger partial charge in [-0.25, -0.2) is 4.79 Å². The Morgan fingerprint density at radius 3 is 2.58 bits per heavy atom. The number of hydrogen-bond acceptors (Lipinski definition) is 3. The number of aromatic nitrogens is 2. The molecule has 1 atom stereocenters. The molecule has 1 unspecified atom stereocenters. The average molecular weight is 362 g/mol. The smallest absolute Gasteiger partial charge is 0.416 e. The van der Waals surface area contributed by atoms with E-state index in [4.69, 9.17) is 16.7 Å². The van der Waals surface area contributed by atoms with Crippen molar-refractivity contribution in [3.05, 3.63) is 46.7 Å². The summed E-state index contributed by atoms with van der Waals surface area (Å²) in [4.78, 5) is 22.9. The number of carbonyl (C=O) groups is 2. The summed E-state index contributed by atoms with van der Waals surface area (Å²) in [6.45, 7) is 1.41. The average Bonchev–Trinajstić information content (AvgIpc) is 2.97. The maximum atomic E-state index is 12.7. The van der Waals surface area contributed by atoms with Gasteiger partial charge >= 0.3 is 12.1 Å². The van der Waals surface area contributed by atoms with Gasteiger partial charge in [-0.15, -0.1) is 0 Å². The molecule has 6 nitrogen and oxygen atoms in total. The molecule has 10 heteroatoms. The lowest BCUT2D eigenvalue weighted by atomic mass is 10.2. The first kappa shape index (κ1) is 17.8. The van der Waals surface area contributed by atoms with Crippen LogP contribution in [0.2, 0.25) is 5.02 Å². The number of nitrogens with one attached hydrogen (secondary N) is 1. The molecule has 0 fully saturated rings. The molecule has 0 spiro atoms. The molecule has 0 aliphatic carbocycles. The Hall–Kier alpha value is -2.55. The molecular formula is C14H11ClF3N3O3. The maximum Gasteiger partial charge on any atom is 0.416 e. The molecule has 2 rings (SSSR count). The highest BCUT2D eigenvalue weighted by atomic mass is 35.5. The van der Waals surface area contributed by atoms with E-state index in [1.807, 2.05) is 0 Å². The first-order valence-electron chi connectivity index (χ1n) is 6.54. The molecule has 1 amide bonds. The predicted molar refractivity (Wildman–Crippen MR) is 79.0 cm³/mol. The second-order valence-electron chi connectivity index (χ2n) is 4.87. The number of rotatable bonds is 4. The molecular weight excluding hydrogens is 351 g/mol. The third-order valence-corrected chi connectivity index (χ3v) is 3.51. The van der Waals surface area contributed by atoms with Crippen molar-refractivity contribution in [2.24, 2.45) is 0 Å². The largest absolute Gasteiger partial charge is 0.478 e. The quantitative estimate of drug-likeness (QED) is 0.873. The summed E-state index contributed by atoms with van der Waals surface area (Å²) in [5, 5.41) is 14.8. The number of aromatic carboxylic acids is 1. The van der Waals surface area contributed by atoms with Gasteiger partial charge in [-0.1, -0.05) is 11.6 Å². The van der Waals surface area contributed by atoms with Crippen LogP contribution in [0.25, 0.3) is 0 Å². The zero-order chi connectivity index (χ0) is 18.1. The van der Waals surface area contributed by atoms with Crippen molar-refractivity contribution in [3.63, 3.8) is 0 Å². The van der Waals surface area contributed by atoms with E-state index in [1.54, 1.807) is 0 Å². The Balaban J connectivity index is 2.20. The fourth-order valence-electron chi connectivity index (χ4n) is 1.81. The second-order valence-corrected chi connectivity index (χ2v) is 5.28. The van der Waals surface area contributed by atoms with E-state index in [2.05, 4.69) is 10.4 Å². The Labute approximate surface area is 138 Å². The van der Waals surface area contributed by atoms with Crippen LogP contribution in [0.15, 0.2) is 30.6 Å². The fraction of sp³-hybridized carbons (Fsp3) is 0.214. The number of alkyl halides is 3. The Morgan fingerprint density at radius 2 is 2.04 bits per heavy atom. The van der Waals surface area contributed by atoms with Crippen LogP contribution in [-0.4, -0.2) is 26.8 Å². The number of amides is 1. The number of anilines is 1. The lowest BCUT2D eigenvalue weighted by Gasteiger charge is -2.15. The number of benzene rings is 1. The van der Waals surface area contributed by atoms with Gasteiger partial charge in [-0.05, 0) is 25.1 Å². The highest BCUT2D eigenvalue weighted by Gasteiger charge is 2.31. The van der Waals surface area contributed by atoms with E-state index in [9.17, 15) is 22.8 Å². The molecule has 1 aromatic heterocycles. The molecule has 0 aliphatic rings. The highest BCUT2D eigenvalue weighted by Crippen LogP contribution is 2.34. The summed E-state index contributed by atoms with van der Waals surface area (Å²) in [6, 6.07) is 1.59. The van der Waals surface area contributed by atoms with Crippen LogP contribution in [0.4, 0.5) is 18.9 Å². The summed E-state index contributed by atoms with van der Waals surface area (Å²) in [5.41, 5.74) is -1.28. The summed E-state index contributed by atoms with van der Waals surface area (Å²) in [7, 11) is 0. The molecule has 0 aliphatic heterocycles. The fourth-order valence-corrected chi connectivity index (χ4v) is 1.98. The first-order valence-corrected chi connectivity index (χ1v) is 6.92. The number of nitrogens with zero attached hydrogens (tertiary/aromatic N) is 2. The van der Waals surface area contributed by atoms with E-state index in [0.717, 1.165) is 35.3 Å². The van der Waals surface area contributed by atoms with Gasteiger partial charge in [-0.3, -0.25) is 9.48 Å². The molecule has 0 saturated heterocycles. The molecule has 1 aromatic carbocycles. The monoisotopic (exact) mass is 361 g/mol. The van der Waals surface area contributed by atoms with Crippen LogP contribution < -0.4 is 5.32 Å². The van der Waals surface area contributed by atoms with E-state index in [0.29, 0.717) is 0 Å². The molecule has 0 bridgehead atoms. The van der Waals surface area contributed by atoms with E-state index < -0.39 is 29.7 Å². The molecule has 0 saturated carbocycles. The number of carbonyl (C=O) groups excluding carboxylic acids is 1. The van der Waals surface area contributed by atoms with Crippen molar-refractivity contribution in [3.8, 4) is 0 Å². The zero-order valence-electron chi connectivity index (χ0n) is 12.1. The van der Waals surface area contributed by atoms with Crippen molar-refractivity contribution in [2.75, 3.05) is 5.32 Å². The van der Waals surface area contributed by atoms with Gasteiger partial charge in [0.25, 0.3) is 0 Å². The Kier molecular flexibility index (Phi) is 4.83. The number of halogens is 4. The highest BCUT2D eigenvalue weighted by molar-refractivity contribution is 6.33. The van der Waals surface area contributed by atoms with Crippen LogP contribution in [0.5, 0.6) is 0 Å². The Morgan fingerprint density at radius 1 is 1.38 bits per heavy atom. The van der Waals surface area contributed by atoms with Crippen LogP contribution in [0.3, 0.4) is 0 Å².